The van der Waals surface area contributed by atoms with E-state index in [1.807, 2.05) is 0 Å². The van der Waals surface area contributed by atoms with E-state index in [1.165, 1.54) is 0 Å². The minimum Gasteiger partial charge on any atom is -0.444 e. The fourth-order valence-corrected chi connectivity index (χ4v) is 2.80. The van der Waals surface area contributed by atoms with E-state index < -0.39 is 54.4 Å². The highest BCUT2D eigenvalue weighted by atomic mass is 19.4. The summed E-state index contributed by atoms with van der Waals surface area (Å²) >= 11 is 0. The van der Waals surface area contributed by atoms with Gasteiger partial charge in [0, 0.05) is 5.92 Å². The molecular weight excluding hydrogens is 399 g/mol. The van der Waals surface area contributed by atoms with Gasteiger partial charge in [0.25, 0.3) is 5.91 Å². The van der Waals surface area contributed by atoms with E-state index in [-0.39, 0.29) is 19.1 Å². The molecule has 3 amide bonds. The number of halogens is 3. The SMILES string of the molecule is CC(C)(C)OC(=O)N[C@@H]1CC[C@@H](C(=O)NNC(=O)[C@@H]2C[C@H]2COC(F)(F)F)OC1. The van der Waals surface area contributed by atoms with Crippen molar-refractivity contribution >= 4 is 17.9 Å². The number of alkyl halides is 3. The number of amides is 3. The van der Waals surface area contributed by atoms with E-state index in [1.54, 1.807) is 20.8 Å². The van der Waals surface area contributed by atoms with Gasteiger partial charge < -0.3 is 14.8 Å². The Morgan fingerprint density at radius 3 is 2.28 bits per heavy atom. The minimum absolute atomic E-state index is 0.102. The Hall–Kier alpha value is -2.08. The number of ether oxygens (including phenoxy) is 3. The van der Waals surface area contributed by atoms with Crippen molar-refractivity contribution in [2.75, 3.05) is 13.2 Å². The molecule has 12 heteroatoms. The molecule has 2 aliphatic rings. The number of alkyl carbamates (subject to hydrolysis) is 1. The first kappa shape index (κ1) is 23.2. The van der Waals surface area contributed by atoms with Gasteiger partial charge in [-0.1, -0.05) is 0 Å². The second-order valence-corrected chi connectivity index (χ2v) is 8.08. The molecule has 9 nitrogen and oxygen atoms in total. The van der Waals surface area contributed by atoms with Gasteiger partial charge in [-0.05, 0) is 46.0 Å². The van der Waals surface area contributed by atoms with E-state index in [2.05, 4.69) is 20.9 Å². The van der Waals surface area contributed by atoms with E-state index in [4.69, 9.17) is 9.47 Å². The van der Waals surface area contributed by atoms with Crippen LogP contribution in [0.5, 0.6) is 0 Å². The average molecular weight is 425 g/mol. The number of nitrogens with one attached hydrogen (secondary N) is 3. The van der Waals surface area contributed by atoms with Gasteiger partial charge in [0.1, 0.15) is 11.7 Å². The van der Waals surface area contributed by atoms with Gasteiger partial charge in [0.2, 0.25) is 5.91 Å². The second kappa shape index (κ2) is 9.16. The zero-order chi connectivity index (χ0) is 21.8. The third-order valence-corrected chi connectivity index (χ3v) is 4.32. The summed E-state index contributed by atoms with van der Waals surface area (Å²) in [7, 11) is 0. The molecule has 1 heterocycles. The summed E-state index contributed by atoms with van der Waals surface area (Å²) in [6, 6.07) is -0.302. The van der Waals surface area contributed by atoms with Gasteiger partial charge in [0.05, 0.1) is 19.3 Å². The predicted octanol–water partition coefficient (Wildman–Crippen LogP) is 1.38. The van der Waals surface area contributed by atoms with Crippen molar-refractivity contribution < 1.29 is 41.8 Å². The molecule has 2 rings (SSSR count). The molecule has 1 saturated heterocycles. The smallest absolute Gasteiger partial charge is 0.444 e. The lowest BCUT2D eigenvalue weighted by Crippen LogP contribution is -2.51. The summed E-state index contributed by atoms with van der Waals surface area (Å²) < 4.78 is 50.2. The molecule has 1 aliphatic carbocycles. The fourth-order valence-electron chi connectivity index (χ4n) is 2.80. The number of hydrogen-bond donors (Lipinski definition) is 3. The van der Waals surface area contributed by atoms with Crippen LogP contribution in [0.25, 0.3) is 0 Å². The Morgan fingerprint density at radius 1 is 1.07 bits per heavy atom. The van der Waals surface area contributed by atoms with Gasteiger partial charge in [-0.3, -0.25) is 25.2 Å². The number of rotatable bonds is 5. The summed E-state index contributed by atoms with van der Waals surface area (Å²) in [5.41, 5.74) is 3.78. The van der Waals surface area contributed by atoms with Crippen LogP contribution in [0.3, 0.4) is 0 Å². The fraction of sp³-hybridized carbons (Fsp3) is 0.824. The largest absolute Gasteiger partial charge is 0.522 e. The molecule has 0 aromatic carbocycles. The molecule has 0 radical (unpaired) electrons. The van der Waals surface area contributed by atoms with Gasteiger partial charge in [0.15, 0.2) is 0 Å². The van der Waals surface area contributed by atoms with E-state index in [0.29, 0.717) is 12.8 Å². The Morgan fingerprint density at radius 2 is 1.72 bits per heavy atom. The minimum atomic E-state index is -4.73. The van der Waals surface area contributed by atoms with Crippen molar-refractivity contribution in [2.24, 2.45) is 11.8 Å². The standard InChI is InChI=1S/C17H26F3N3O6/c1-16(2,3)29-15(26)21-10-4-5-12(27-8-10)14(25)23-22-13(24)11-6-9(11)7-28-17(18,19)20/h9-12H,4-8H2,1-3H3,(H,21,26)(H,22,24)(H,23,25)/t9-,10+,11+,12-/m0/s1. The van der Waals surface area contributed by atoms with Gasteiger partial charge in [-0.25, -0.2) is 4.79 Å². The maximum atomic E-state index is 12.1. The maximum absolute atomic E-state index is 12.1. The Kier molecular flexibility index (Phi) is 7.33. The van der Waals surface area contributed by atoms with Crippen molar-refractivity contribution in [1.29, 1.82) is 0 Å². The molecule has 0 spiro atoms. The first-order valence-corrected chi connectivity index (χ1v) is 9.25. The molecule has 0 unspecified atom stereocenters. The topological polar surface area (TPSA) is 115 Å². The highest BCUT2D eigenvalue weighted by molar-refractivity contribution is 5.86. The average Bonchev–Trinajstić information content (AvgIpc) is 3.36. The molecule has 0 aromatic heterocycles. The highest BCUT2D eigenvalue weighted by Gasteiger charge is 2.45. The van der Waals surface area contributed by atoms with Crippen LogP contribution < -0.4 is 16.2 Å². The lowest BCUT2D eigenvalue weighted by Gasteiger charge is -2.29. The van der Waals surface area contributed by atoms with E-state index in [0.717, 1.165) is 0 Å². The zero-order valence-corrected chi connectivity index (χ0v) is 16.4. The van der Waals surface area contributed by atoms with E-state index >= 15 is 0 Å². The summed E-state index contributed by atoms with van der Waals surface area (Å²) in [5.74, 6) is -2.31. The number of hydrazine groups is 1. The van der Waals surface area contributed by atoms with Gasteiger partial charge >= 0.3 is 12.5 Å². The number of hydrogen-bond acceptors (Lipinski definition) is 6. The van der Waals surface area contributed by atoms with E-state index in [9.17, 15) is 27.6 Å². The van der Waals surface area contributed by atoms with Gasteiger partial charge in [-0.2, -0.15) is 0 Å². The monoisotopic (exact) mass is 425 g/mol. The molecule has 1 saturated carbocycles. The first-order chi connectivity index (χ1) is 13.3. The molecule has 3 N–H and O–H groups in total. The molecule has 1 aliphatic heterocycles. The van der Waals surface area contributed by atoms with Crippen molar-refractivity contribution in [2.45, 2.75) is 64.1 Å². The summed E-state index contributed by atoms with van der Waals surface area (Å²) in [5, 5.41) is 2.66. The molecule has 0 bridgehead atoms. The van der Waals surface area contributed by atoms with Gasteiger partial charge in [-0.15, -0.1) is 13.2 Å². The number of carbonyl (C=O) groups is 3. The van der Waals surface area contributed by atoms with Crippen LogP contribution >= 0.6 is 0 Å². The molecule has 2 fully saturated rings. The van der Waals surface area contributed by atoms with Crippen molar-refractivity contribution in [1.82, 2.24) is 16.2 Å². The third kappa shape index (κ3) is 8.44. The summed E-state index contributed by atoms with van der Waals surface area (Å²) in [4.78, 5) is 35.6. The van der Waals surface area contributed by atoms with Crippen LogP contribution in [0.15, 0.2) is 0 Å². The zero-order valence-electron chi connectivity index (χ0n) is 16.4. The second-order valence-electron chi connectivity index (χ2n) is 8.08. The number of carbonyl (C=O) groups excluding carboxylic acids is 3. The van der Waals surface area contributed by atoms with Crippen LogP contribution in [0.1, 0.15) is 40.0 Å². The normalized spacial score (nSPS) is 27.0. The Balaban J connectivity index is 1.62. The summed E-state index contributed by atoms with van der Waals surface area (Å²) in [6.45, 7) is 4.74. The van der Waals surface area contributed by atoms with Crippen LogP contribution in [0, 0.1) is 11.8 Å². The van der Waals surface area contributed by atoms with Crippen molar-refractivity contribution in [3.8, 4) is 0 Å². The maximum Gasteiger partial charge on any atom is 0.522 e. The summed E-state index contributed by atoms with van der Waals surface area (Å²) in [6.07, 6.45) is -5.06. The van der Waals surface area contributed by atoms with Crippen LogP contribution in [-0.4, -0.2) is 55.2 Å². The lowest BCUT2D eigenvalue weighted by atomic mass is 10.0. The van der Waals surface area contributed by atoms with Crippen molar-refractivity contribution in [3.05, 3.63) is 0 Å². The van der Waals surface area contributed by atoms with Crippen LogP contribution in [0.2, 0.25) is 0 Å². The highest BCUT2D eigenvalue weighted by Crippen LogP contribution is 2.39. The van der Waals surface area contributed by atoms with Crippen LogP contribution in [-0.2, 0) is 23.8 Å². The lowest BCUT2D eigenvalue weighted by molar-refractivity contribution is -0.326. The molecule has 0 aromatic rings. The first-order valence-electron chi connectivity index (χ1n) is 9.25. The third-order valence-electron chi connectivity index (χ3n) is 4.32. The van der Waals surface area contributed by atoms with Crippen molar-refractivity contribution in [3.63, 3.8) is 0 Å². The molecule has 166 valence electrons. The quantitative estimate of drug-likeness (QED) is 0.574. The molecular formula is C17H26F3N3O6. The Labute approximate surface area is 166 Å². The predicted molar refractivity (Wildman–Crippen MR) is 92.0 cm³/mol. The molecule has 29 heavy (non-hydrogen) atoms. The van der Waals surface area contributed by atoms with Crippen LogP contribution in [0.4, 0.5) is 18.0 Å². The Bertz CT molecular complexity index is 615. The molecule has 4 atom stereocenters.